The van der Waals surface area contributed by atoms with E-state index in [1.165, 1.54) is 31.2 Å². The lowest BCUT2D eigenvalue weighted by molar-refractivity contribution is -0.384. The first-order valence-corrected chi connectivity index (χ1v) is 9.06. The van der Waals surface area contributed by atoms with Crippen molar-refractivity contribution < 1.29 is 29.1 Å². The second-order valence-corrected chi connectivity index (χ2v) is 6.68. The predicted octanol–water partition coefficient (Wildman–Crippen LogP) is 1.26. The van der Waals surface area contributed by atoms with Crippen molar-refractivity contribution in [2.45, 2.75) is 51.0 Å². The Hall–Kier alpha value is -2.72. The van der Waals surface area contributed by atoms with Crippen LogP contribution >= 0.6 is 0 Å². The van der Waals surface area contributed by atoms with Gasteiger partial charge in [0.15, 0.2) is 0 Å². The van der Waals surface area contributed by atoms with Gasteiger partial charge in [-0.2, -0.15) is 0 Å². The number of nitro benzene ring substituents is 1. The van der Waals surface area contributed by atoms with Gasteiger partial charge in [0.05, 0.1) is 11.0 Å². The van der Waals surface area contributed by atoms with E-state index in [2.05, 4.69) is 10.6 Å². The highest BCUT2D eigenvalue weighted by atomic mass is 16.6. The Kier molecular flexibility index (Phi) is 8.15. The van der Waals surface area contributed by atoms with Crippen LogP contribution in [0.15, 0.2) is 24.3 Å². The number of nitrogens with one attached hydrogen (secondary N) is 2. The molecule has 0 spiro atoms. The summed E-state index contributed by atoms with van der Waals surface area (Å²) in [6.45, 7) is 2.09. The number of rotatable bonds is 9. The Morgan fingerprint density at radius 2 is 2.11 bits per heavy atom. The minimum atomic E-state index is -0.630. The van der Waals surface area contributed by atoms with Gasteiger partial charge in [0.25, 0.3) is 5.69 Å². The van der Waals surface area contributed by atoms with Gasteiger partial charge in [-0.15, -0.1) is 0 Å². The molecule has 1 aliphatic heterocycles. The van der Waals surface area contributed by atoms with E-state index in [4.69, 9.17) is 9.47 Å². The Morgan fingerprint density at radius 3 is 2.68 bits per heavy atom. The Labute approximate surface area is 162 Å². The molecule has 1 heterocycles. The molecule has 1 aliphatic rings. The third kappa shape index (κ3) is 7.49. The van der Waals surface area contributed by atoms with Crippen molar-refractivity contribution in [3.8, 4) is 0 Å². The molecule has 1 saturated heterocycles. The predicted molar refractivity (Wildman–Crippen MR) is 98.5 cm³/mol. The molecule has 0 aromatic heterocycles. The van der Waals surface area contributed by atoms with Crippen LogP contribution in [0.2, 0.25) is 0 Å². The number of nitrogens with zero attached hydrogens (tertiary/aromatic N) is 1. The number of nitro groups is 1. The molecule has 1 aromatic rings. The maximum absolute atomic E-state index is 11.8. The topological polar surface area (TPSA) is 140 Å². The first-order chi connectivity index (χ1) is 13.3. The Morgan fingerprint density at radius 1 is 1.39 bits per heavy atom. The van der Waals surface area contributed by atoms with Gasteiger partial charge in [0, 0.05) is 44.6 Å². The fraction of sp³-hybridized carbons (Fsp3) is 0.556. The van der Waals surface area contributed by atoms with Crippen molar-refractivity contribution in [1.82, 2.24) is 10.6 Å². The Bertz CT molecular complexity index is 680. The molecule has 28 heavy (non-hydrogen) atoms. The summed E-state index contributed by atoms with van der Waals surface area (Å²) in [4.78, 5) is 33.2. The van der Waals surface area contributed by atoms with Crippen molar-refractivity contribution in [2.75, 3.05) is 13.1 Å². The standard InChI is InChI=1S/C18H25N3O7/c1-12(22)28-17(9-14-8-16(23)10-20-14)6-7-19-18(24)27-11-13-2-4-15(5-3-13)21(25)26/h2-5,14,16-17,20,23H,6-11H2,1H3,(H,19,24)/t14-,16+,17+/m0/s1. The lowest BCUT2D eigenvalue weighted by atomic mass is 10.0. The maximum atomic E-state index is 11.8. The molecule has 154 valence electrons. The molecular formula is C18H25N3O7. The van der Waals surface area contributed by atoms with E-state index in [9.17, 15) is 24.8 Å². The average molecular weight is 395 g/mol. The number of esters is 1. The van der Waals surface area contributed by atoms with Crippen LogP contribution in [0.1, 0.15) is 31.7 Å². The van der Waals surface area contributed by atoms with Gasteiger partial charge in [0.2, 0.25) is 0 Å². The van der Waals surface area contributed by atoms with Gasteiger partial charge in [-0.3, -0.25) is 14.9 Å². The molecule has 0 radical (unpaired) electrons. The van der Waals surface area contributed by atoms with E-state index in [1.54, 1.807) is 0 Å². The number of carbonyl (C=O) groups excluding carboxylic acids is 2. The molecular weight excluding hydrogens is 370 g/mol. The third-order valence-electron chi connectivity index (χ3n) is 4.33. The highest BCUT2D eigenvalue weighted by Crippen LogP contribution is 2.16. The molecule has 3 N–H and O–H groups in total. The minimum absolute atomic E-state index is 0.0128. The number of aliphatic hydroxyl groups excluding tert-OH is 1. The van der Waals surface area contributed by atoms with Crippen LogP contribution in [0, 0.1) is 10.1 Å². The number of ether oxygens (including phenoxy) is 2. The third-order valence-corrected chi connectivity index (χ3v) is 4.33. The number of non-ortho nitro benzene ring substituents is 1. The number of amides is 1. The summed E-state index contributed by atoms with van der Waals surface area (Å²) in [6, 6.07) is 5.78. The summed E-state index contributed by atoms with van der Waals surface area (Å²) >= 11 is 0. The minimum Gasteiger partial charge on any atom is -0.462 e. The number of alkyl carbamates (subject to hydrolysis) is 1. The van der Waals surface area contributed by atoms with Gasteiger partial charge >= 0.3 is 12.1 Å². The van der Waals surface area contributed by atoms with Gasteiger partial charge in [-0.1, -0.05) is 0 Å². The summed E-state index contributed by atoms with van der Waals surface area (Å²) in [5.74, 6) is -0.399. The summed E-state index contributed by atoms with van der Waals surface area (Å²) in [5, 5.41) is 25.9. The fourth-order valence-corrected chi connectivity index (χ4v) is 3.00. The van der Waals surface area contributed by atoms with Gasteiger partial charge in [0.1, 0.15) is 12.7 Å². The van der Waals surface area contributed by atoms with E-state index in [1.807, 2.05) is 0 Å². The van der Waals surface area contributed by atoms with Crippen LogP contribution in [0.3, 0.4) is 0 Å². The van der Waals surface area contributed by atoms with E-state index >= 15 is 0 Å². The number of hydrogen-bond donors (Lipinski definition) is 3. The van der Waals surface area contributed by atoms with E-state index < -0.39 is 23.1 Å². The monoisotopic (exact) mass is 395 g/mol. The second kappa shape index (κ2) is 10.6. The summed E-state index contributed by atoms with van der Waals surface area (Å²) < 4.78 is 10.3. The zero-order chi connectivity index (χ0) is 20.5. The molecule has 0 aliphatic carbocycles. The molecule has 1 fully saturated rings. The average Bonchev–Trinajstić information content (AvgIpc) is 3.04. The number of carbonyl (C=O) groups is 2. The van der Waals surface area contributed by atoms with Crippen LogP contribution < -0.4 is 10.6 Å². The van der Waals surface area contributed by atoms with E-state index in [0.29, 0.717) is 31.4 Å². The highest BCUT2D eigenvalue weighted by Gasteiger charge is 2.26. The lowest BCUT2D eigenvalue weighted by Crippen LogP contribution is -2.33. The number of aliphatic hydroxyl groups is 1. The summed E-state index contributed by atoms with van der Waals surface area (Å²) in [7, 11) is 0. The smallest absolute Gasteiger partial charge is 0.407 e. The van der Waals surface area contributed by atoms with Gasteiger partial charge in [-0.25, -0.2) is 4.79 Å². The largest absolute Gasteiger partial charge is 0.462 e. The molecule has 0 unspecified atom stereocenters. The highest BCUT2D eigenvalue weighted by molar-refractivity contribution is 5.67. The normalized spacial score (nSPS) is 19.6. The Balaban J connectivity index is 1.70. The molecule has 0 saturated carbocycles. The van der Waals surface area contributed by atoms with E-state index in [0.717, 1.165) is 0 Å². The van der Waals surface area contributed by atoms with Crippen LogP contribution in [0.5, 0.6) is 0 Å². The van der Waals surface area contributed by atoms with Crippen LogP contribution in [0.4, 0.5) is 10.5 Å². The molecule has 2 rings (SSSR count). The van der Waals surface area contributed by atoms with Crippen LogP contribution in [-0.2, 0) is 20.9 Å². The molecule has 1 amide bonds. The quantitative estimate of drug-likeness (QED) is 0.322. The molecule has 3 atom stereocenters. The maximum Gasteiger partial charge on any atom is 0.407 e. The molecule has 10 nitrogen and oxygen atoms in total. The van der Waals surface area contributed by atoms with Crippen LogP contribution in [0.25, 0.3) is 0 Å². The second-order valence-electron chi connectivity index (χ2n) is 6.68. The lowest BCUT2D eigenvalue weighted by Gasteiger charge is -2.20. The number of β-amino-alcohol motifs (C(OH)–C–C–N with tert-alkyl or cyclic N) is 1. The number of hydrogen-bond acceptors (Lipinski definition) is 8. The summed E-state index contributed by atoms with van der Waals surface area (Å²) in [5.41, 5.74) is 0.596. The van der Waals surface area contributed by atoms with Gasteiger partial charge < -0.3 is 25.2 Å². The zero-order valence-electron chi connectivity index (χ0n) is 15.6. The zero-order valence-corrected chi connectivity index (χ0v) is 15.6. The van der Waals surface area contributed by atoms with Crippen molar-refractivity contribution >= 4 is 17.7 Å². The van der Waals surface area contributed by atoms with E-state index in [-0.39, 0.29) is 31.0 Å². The molecule has 1 aromatic carbocycles. The van der Waals surface area contributed by atoms with Crippen LogP contribution in [-0.4, -0.2) is 53.4 Å². The first kappa shape index (κ1) is 21.6. The van der Waals surface area contributed by atoms with Crippen molar-refractivity contribution in [1.29, 1.82) is 0 Å². The summed E-state index contributed by atoms with van der Waals surface area (Å²) in [6.07, 6.45) is 0.166. The molecule has 0 bridgehead atoms. The SMILES string of the molecule is CC(=O)O[C@H](CCNC(=O)OCc1ccc([N+](=O)[O-])cc1)C[C@@H]1C[C@@H](O)CN1. The van der Waals surface area contributed by atoms with Crippen molar-refractivity contribution in [3.63, 3.8) is 0 Å². The first-order valence-electron chi connectivity index (χ1n) is 9.06. The van der Waals surface area contributed by atoms with Crippen molar-refractivity contribution in [2.24, 2.45) is 0 Å². The van der Waals surface area contributed by atoms with Crippen molar-refractivity contribution in [3.05, 3.63) is 39.9 Å². The molecule has 10 heteroatoms. The fourth-order valence-electron chi connectivity index (χ4n) is 3.00. The number of benzene rings is 1. The van der Waals surface area contributed by atoms with Gasteiger partial charge in [-0.05, 0) is 30.5 Å².